The SMILES string of the molecule is CC(C)CC[C@@H]1NC(=O)NC1=O. The van der Waals surface area contributed by atoms with Gasteiger partial charge in [-0.1, -0.05) is 13.8 Å². The first-order valence-electron chi connectivity index (χ1n) is 4.21. The molecule has 0 spiro atoms. The quantitative estimate of drug-likeness (QED) is 0.610. The van der Waals surface area contributed by atoms with Gasteiger partial charge >= 0.3 is 6.03 Å². The van der Waals surface area contributed by atoms with Crippen LogP contribution in [0.5, 0.6) is 0 Å². The topological polar surface area (TPSA) is 58.2 Å². The van der Waals surface area contributed by atoms with E-state index in [9.17, 15) is 9.59 Å². The molecule has 4 heteroatoms. The number of hydrogen-bond acceptors (Lipinski definition) is 2. The fraction of sp³-hybridized carbons (Fsp3) is 0.750. The van der Waals surface area contributed by atoms with Crippen LogP contribution in [0.25, 0.3) is 0 Å². The van der Waals surface area contributed by atoms with Gasteiger partial charge in [-0.15, -0.1) is 0 Å². The number of imide groups is 1. The minimum Gasteiger partial charge on any atom is -0.326 e. The van der Waals surface area contributed by atoms with Gasteiger partial charge < -0.3 is 5.32 Å². The maximum atomic E-state index is 11.0. The molecule has 3 amide bonds. The molecular formula is C8H14N2O2. The van der Waals surface area contributed by atoms with E-state index in [1.54, 1.807) is 0 Å². The Morgan fingerprint density at radius 1 is 1.42 bits per heavy atom. The summed E-state index contributed by atoms with van der Waals surface area (Å²) in [7, 11) is 0. The van der Waals surface area contributed by atoms with Crippen molar-refractivity contribution in [3.05, 3.63) is 0 Å². The van der Waals surface area contributed by atoms with Crippen LogP contribution in [-0.2, 0) is 4.79 Å². The molecule has 2 N–H and O–H groups in total. The lowest BCUT2D eigenvalue weighted by Gasteiger charge is -2.08. The summed E-state index contributed by atoms with van der Waals surface area (Å²) in [4.78, 5) is 21.7. The van der Waals surface area contributed by atoms with Crippen molar-refractivity contribution in [2.45, 2.75) is 32.7 Å². The Labute approximate surface area is 71.7 Å². The predicted molar refractivity (Wildman–Crippen MR) is 44.5 cm³/mol. The third kappa shape index (κ3) is 2.22. The molecule has 1 aliphatic heterocycles. The lowest BCUT2D eigenvalue weighted by Crippen LogP contribution is -2.28. The van der Waals surface area contributed by atoms with Crippen molar-refractivity contribution < 1.29 is 9.59 Å². The molecule has 1 heterocycles. The Hall–Kier alpha value is -1.06. The van der Waals surface area contributed by atoms with Crippen molar-refractivity contribution in [2.24, 2.45) is 5.92 Å². The zero-order valence-corrected chi connectivity index (χ0v) is 7.39. The second kappa shape index (κ2) is 3.56. The Morgan fingerprint density at radius 3 is 2.50 bits per heavy atom. The van der Waals surface area contributed by atoms with Crippen LogP contribution in [-0.4, -0.2) is 18.0 Å². The summed E-state index contributed by atoms with van der Waals surface area (Å²) >= 11 is 0. The van der Waals surface area contributed by atoms with Crippen LogP contribution in [0.2, 0.25) is 0 Å². The van der Waals surface area contributed by atoms with Crippen molar-refractivity contribution in [1.29, 1.82) is 0 Å². The van der Waals surface area contributed by atoms with Gasteiger partial charge in [0.1, 0.15) is 6.04 Å². The molecule has 68 valence electrons. The van der Waals surface area contributed by atoms with Gasteiger partial charge in [0.15, 0.2) is 0 Å². The van der Waals surface area contributed by atoms with Crippen LogP contribution in [0.3, 0.4) is 0 Å². The predicted octanol–water partition coefficient (Wildman–Crippen LogP) is 0.631. The third-order valence-electron chi connectivity index (χ3n) is 1.89. The van der Waals surface area contributed by atoms with Gasteiger partial charge in [-0.05, 0) is 18.8 Å². The van der Waals surface area contributed by atoms with E-state index in [-0.39, 0.29) is 18.0 Å². The molecule has 1 fully saturated rings. The first-order valence-corrected chi connectivity index (χ1v) is 4.21. The van der Waals surface area contributed by atoms with Crippen molar-refractivity contribution in [2.75, 3.05) is 0 Å². The van der Waals surface area contributed by atoms with Crippen LogP contribution in [0.1, 0.15) is 26.7 Å². The molecule has 0 aromatic carbocycles. The monoisotopic (exact) mass is 170 g/mol. The van der Waals surface area contributed by atoms with Gasteiger partial charge in [-0.2, -0.15) is 0 Å². The molecule has 4 nitrogen and oxygen atoms in total. The molecule has 0 aliphatic carbocycles. The van der Waals surface area contributed by atoms with Crippen molar-refractivity contribution >= 4 is 11.9 Å². The molecular weight excluding hydrogens is 156 g/mol. The van der Waals surface area contributed by atoms with Crippen molar-refractivity contribution in [3.63, 3.8) is 0 Å². The van der Waals surface area contributed by atoms with E-state index in [1.807, 2.05) is 0 Å². The van der Waals surface area contributed by atoms with E-state index in [2.05, 4.69) is 24.5 Å². The number of urea groups is 1. The second-order valence-electron chi connectivity index (χ2n) is 3.49. The molecule has 12 heavy (non-hydrogen) atoms. The summed E-state index contributed by atoms with van der Waals surface area (Å²) < 4.78 is 0. The maximum absolute atomic E-state index is 11.0. The first-order chi connectivity index (χ1) is 5.59. The molecule has 1 aliphatic rings. The van der Waals surface area contributed by atoms with E-state index >= 15 is 0 Å². The average Bonchev–Trinajstić information content (AvgIpc) is 2.26. The summed E-state index contributed by atoms with van der Waals surface area (Å²) in [6.07, 6.45) is 1.69. The van der Waals surface area contributed by atoms with E-state index < -0.39 is 0 Å². The molecule has 0 bridgehead atoms. The molecule has 0 radical (unpaired) electrons. The van der Waals surface area contributed by atoms with Crippen LogP contribution >= 0.6 is 0 Å². The number of carbonyl (C=O) groups is 2. The van der Waals surface area contributed by atoms with Gasteiger partial charge in [0.05, 0.1) is 0 Å². The van der Waals surface area contributed by atoms with Crippen LogP contribution in [0.15, 0.2) is 0 Å². The molecule has 0 saturated carbocycles. The van der Waals surface area contributed by atoms with Gasteiger partial charge in [0.2, 0.25) is 0 Å². The molecule has 0 unspecified atom stereocenters. The van der Waals surface area contributed by atoms with Crippen LogP contribution in [0.4, 0.5) is 4.79 Å². The van der Waals surface area contributed by atoms with Gasteiger partial charge in [0, 0.05) is 0 Å². The maximum Gasteiger partial charge on any atom is 0.322 e. The highest BCUT2D eigenvalue weighted by atomic mass is 16.2. The average molecular weight is 170 g/mol. The van der Waals surface area contributed by atoms with Crippen LogP contribution < -0.4 is 10.6 Å². The van der Waals surface area contributed by atoms with Crippen LogP contribution in [0, 0.1) is 5.92 Å². The highest BCUT2D eigenvalue weighted by molar-refractivity contribution is 6.04. The van der Waals surface area contributed by atoms with Gasteiger partial charge in [0.25, 0.3) is 5.91 Å². The Bertz CT molecular complexity index is 201. The largest absolute Gasteiger partial charge is 0.326 e. The van der Waals surface area contributed by atoms with Crippen molar-refractivity contribution in [1.82, 2.24) is 10.6 Å². The summed E-state index contributed by atoms with van der Waals surface area (Å²) in [6.45, 7) is 4.18. The lowest BCUT2D eigenvalue weighted by molar-refractivity contribution is -0.120. The Kier molecular flexibility index (Phi) is 2.68. The smallest absolute Gasteiger partial charge is 0.322 e. The molecule has 0 aromatic heterocycles. The number of carbonyl (C=O) groups excluding carboxylic acids is 2. The molecule has 1 saturated heterocycles. The highest BCUT2D eigenvalue weighted by Gasteiger charge is 2.28. The lowest BCUT2D eigenvalue weighted by atomic mass is 10.0. The van der Waals surface area contributed by atoms with Gasteiger partial charge in [-0.25, -0.2) is 4.79 Å². The van der Waals surface area contributed by atoms with E-state index in [0.29, 0.717) is 5.92 Å². The summed E-state index contributed by atoms with van der Waals surface area (Å²) in [5.74, 6) is 0.371. The minimum absolute atomic E-state index is 0.194. The fourth-order valence-corrected chi connectivity index (χ4v) is 1.16. The summed E-state index contributed by atoms with van der Waals surface area (Å²) in [5.41, 5.74) is 0. The number of amides is 3. The number of hydrogen-bond donors (Lipinski definition) is 2. The standard InChI is InChI=1S/C8H14N2O2/c1-5(2)3-4-6-7(11)10-8(12)9-6/h5-6H,3-4H2,1-2H3,(H2,9,10,11,12)/t6-/m0/s1. The van der Waals surface area contributed by atoms with E-state index in [1.165, 1.54) is 0 Å². The molecule has 1 rings (SSSR count). The first kappa shape index (κ1) is 9.03. The molecule has 1 atom stereocenters. The van der Waals surface area contributed by atoms with Crippen molar-refractivity contribution in [3.8, 4) is 0 Å². The molecule has 0 aromatic rings. The number of nitrogens with one attached hydrogen (secondary N) is 2. The van der Waals surface area contributed by atoms with E-state index in [4.69, 9.17) is 0 Å². The third-order valence-corrected chi connectivity index (χ3v) is 1.89. The Morgan fingerprint density at radius 2 is 2.08 bits per heavy atom. The second-order valence-corrected chi connectivity index (χ2v) is 3.49. The normalized spacial score (nSPS) is 22.8. The highest BCUT2D eigenvalue weighted by Crippen LogP contribution is 2.08. The summed E-state index contributed by atoms with van der Waals surface area (Å²) in [6, 6.07) is -0.673. The van der Waals surface area contributed by atoms with E-state index in [0.717, 1.165) is 12.8 Å². The zero-order valence-electron chi connectivity index (χ0n) is 7.39. The minimum atomic E-state index is -0.367. The van der Waals surface area contributed by atoms with Gasteiger partial charge in [-0.3, -0.25) is 10.1 Å². The summed E-state index contributed by atoms with van der Waals surface area (Å²) in [5, 5.41) is 4.76. The Balaban J connectivity index is 2.33. The fourth-order valence-electron chi connectivity index (χ4n) is 1.16. The zero-order chi connectivity index (χ0) is 9.14. The number of rotatable bonds is 3.